The smallest absolute Gasteiger partial charge is 0.236 e. The van der Waals surface area contributed by atoms with Crippen molar-refractivity contribution in [3.8, 4) is 28.9 Å². The number of imidazole rings is 1. The van der Waals surface area contributed by atoms with Gasteiger partial charge in [-0.1, -0.05) is 12.1 Å². The van der Waals surface area contributed by atoms with Crippen molar-refractivity contribution >= 4 is 11.7 Å². The minimum Gasteiger partial charge on any atom is -0.486 e. The van der Waals surface area contributed by atoms with E-state index in [0.717, 1.165) is 47.3 Å². The number of hydrogen-bond acceptors (Lipinski definition) is 10. The van der Waals surface area contributed by atoms with Crippen molar-refractivity contribution in [3.63, 3.8) is 0 Å². The Morgan fingerprint density at radius 2 is 1.79 bits per heavy atom. The van der Waals surface area contributed by atoms with Gasteiger partial charge in [0.25, 0.3) is 0 Å². The van der Waals surface area contributed by atoms with Crippen LogP contribution in [0.5, 0.6) is 23.0 Å². The predicted molar refractivity (Wildman–Crippen MR) is 157 cm³/mol. The number of nitrogens with one attached hydrogen (secondary N) is 1. The summed E-state index contributed by atoms with van der Waals surface area (Å²) in [6.45, 7) is 6.23. The third-order valence-corrected chi connectivity index (χ3v) is 7.93. The summed E-state index contributed by atoms with van der Waals surface area (Å²) in [6, 6.07) is 13.5. The number of hydrogen-bond donors (Lipinski definition) is 1. The lowest BCUT2D eigenvalue weighted by molar-refractivity contribution is -0.122. The third kappa shape index (κ3) is 5.91. The highest BCUT2D eigenvalue weighted by Gasteiger charge is 2.31. The van der Waals surface area contributed by atoms with Crippen molar-refractivity contribution in [1.82, 2.24) is 29.7 Å². The molecule has 4 aromatic rings. The van der Waals surface area contributed by atoms with E-state index in [0.29, 0.717) is 44.4 Å². The lowest BCUT2D eigenvalue weighted by Crippen LogP contribution is -2.54. The molecular formula is C31H33N7O5. The summed E-state index contributed by atoms with van der Waals surface area (Å²) < 4.78 is 24.2. The van der Waals surface area contributed by atoms with Gasteiger partial charge in [0.05, 0.1) is 12.1 Å². The summed E-state index contributed by atoms with van der Waals surface area (Å²) in [7, 11) is 0. The summed E-state index contributed by atoms with van der Waals surface area (Å²) in [4.78, 5) is 31.5. The average Bonchev–Trinajstić information content (AvgIpc) is 3.74. The van der Waals surface area contributed by atoms with E-state index < -0.39 is 0 Å². The summed E-state index contributed by atoms with van der Waals surface area (Å²) in [5.74, 6) is 4.26. The van der Waals surface area contributed by atoms with E-state index in [-0.39, 0.29) is 24.8 Å². The van der Waals surface area contributed by atoms with E-state index in [9.17, 15) is 4.79 Å². The zero-order valence-corrected chi connectivity index (χ0v) is 23.9. The van der Waals surface area contributed by atoms with Crippen molar-refractivity contribution in [1.29, 1.82) is 0 Å². The van der Waals surface area contributed by atoms with Crippen molar-refractivity contribution in [2.75, 3.05) is 44.5 Å². The van der Waals surface area contributed by atoms with Gasteiger partial charge in [0.15, 0.2) is 23.0 Å². The molecule has 5 heterocycles. The zero-order valence-electron chi connectivity index (χ0n) is 23.9. The number of anilines is 1. The molecule has 1 fully saturated rings. The number of piperazine rings is 1. The quantitative estimate of drug-likeness (QED) is 0.332. The first-order valence-electron chi connectivity index (χ1n) is 14.5. The standard InChI is InChI=1S/C31H33N7O5/c1-21(23-3-5-25-28(15-23)41-13-12-40-25)34-30(39)16-24-18-36(17-22-2-4-26-27(14-22)43-20-42-26)10-11-38(24)29-6-7-33-31(35-29)37-9-8-32-19-37/h2-9,14-15,19,21,24H,10-13,16-18,20H2,1H3,(H,34,39). The minimum atomic E-state index is -0.197. The molecule has 2 aromatic carbocycles. The van der Waals surface area contributed by atoms with Gasteiger partial charge >= 0.3 is 0 Å². The Morgan fingerprint density at radius 3 is 2.67 bits per heavy atom. The minimum absolute atomic E-state index is 0.0359. The van der Waals surface area contributed by atoms with Gasteiger partial charge in [-0.25, -0.2) is 9.97 Å². The molecule has 1 N–H and O–H groups in total. The third-order valence-electron chi connectivity index (χ3n) is 7.93. The molecule has 3 aliphatic heterocycles. The number of carbonyl (C=O) groups excluding carboxylic acids is 1. The van der Waals surface area contributed by atoms with Crippen molar-refractivity contribution in [3.05, 3.63) is 78.5 Å². The van der Waals surface area contributed by atoms with E-state index in [1.807, 2.05) is 49.5 Å². The highest BCUT2D eigenvalue weighted by Crippen LogP contribution is 2.34. The number of fused-ring (bicyclic) bond motifs is 2. The number of aromatic nitrogens is 4. The molecule has 0 aliphatic carbocycles. The Hall–Kier alpha value is -4.84. The fourth-order valence-electron chi connectivity index (χ4n) is 5.77. The maximum Gasteiger partial charge on any atom is 0.236 e. The predicted octanol–water partition coefficient (Wildman–Crippen LogP) is 3.12. The molecule has 0 saturated carbocycles. The van der Waals surface area contributed by atoms with Crippen LogP contribution in [-0.4, -0.2) is 76.0 Å². The van der Waals surface area contributed by atoms with Crippen LogP contribution in [0.25, 0.3) is 5.95 Å². The fraction of sp³-hybridized carbons (Fsp3) is 0.355. The van der Waals surface area contributed by atoms with Crippen LogP contribution in [0.15, 0.2) is 67.4 Å². The largest absolute Gasteiger partial charge is 0.486 e. The van der Waals surface area contributed by atoms with Gasteiger partial charge in [-0.2, -0.15) is 4.98 Å². The average molecular weight is 584 g/mol. The Bertz CT molecular complexity index is 1600. The Kier molecular flexibility index (Phi) is 7.42. The molecule has 7 rings (SSSR count). The molecule has 0 bridgehead atoms. The number of amides is 1. The van der Waals surface area contributed by atoms with Crippen LogP contribution in [0.4, 0.5) is 5.82 Å². The lowest BCUT2D eigenvalue weighted by Gasteiger charge is -2.42. The van der Waals surface area contributed by atoms with Crippen molar-refractivity contribution in [2.45, 2.75) is 32.0 Å². The molecule has 12 nitrogen and oxygen atoms in total. The molecule has 2 atom stereocenters. The van der Waals surface area contributed by atoms with Crippen LogP contribution in [0.1, 0.15) is 30.5 Å². The summed E-state index contributed by atoms with van der Waals surface area (Å²) in [5.41, 5.74) is 2.10. The maximum atomic E-state index is 13.5. The fourth-order valence-corrected chi connectivity index (χ4v) is 5.77. The first-order valence-corrected chi connectivity index (χ1v) is 14.5. The number of ether oxygens (including phenoxy) is 4. The molecule has 222 valence electrons. The second kappa shape index (κ2) is 11.8. The molecule has 1 saturated heterocycles. The number of rotatable bonds is 8. The zero-order chi connectivity index (χ0) is 29.2. The van der Waals surface area contributed by atoms with Crippen LogP contribution >= 0.6 is 0 Å². The Balaban J connectivity index is 1.08. The number of benzene rings is 2. The molecule has 12 heteroatoms. The van der Waals surface area contributed by atoms with Crippen LogP contribution in [0.3, 0.4) is 0 Å². The first-order chi connectivity index (χ1) is 21.1. The van der Waals surface area contributed by atoms with Gasteiger partial charge in [0.1, 0.15) is 25.4 Å². The van der Waals surface area contributed by atoms with Crippen LogP contribution < -0.4 is 29.2 Å². The molecule has 43 heavy (non-hydrogen) atoms. The van der Waals surface area contributed by atoms with Gasteiger partial charge < -0.3 is 29.2 Å². The Labute approximate surface area is 249 Å². The molecule has 2 aromatic heterocycles. The lowest BCUT2D eigenvalue weighted by atomic mass is 10.0. The van der Waals surface area contributed by atoms with E-state index >= 15 is 0 Å². The normalized spacial score (nSPS) is 18.3. The van der Waals surface area contributed by atoms with E-state index in [4.69, 9.17) is 23.9 Å². The van der Waals surface area contributed by atoms with Crippen molar-refractivity contribution in [2.24, 2.45) is 0 Å². The highest BCUT2D eigenvalue weighted by molar-refractivity contribution is 5.77. The molecule has 0 spiro atoms. The van der Waals surface area contributed by atoms with Gasteiger partial charge in [-0.15, -0.1) is 0 Å². The summed E-state index contributed by atoms with van der Waals surface area (Å²) in [6.07, 6.45) is 7.23. The maximum absolute atomic E-state index is 13.5. The second-order valence-corrected chi connectivity index (χ2v) is 10.9. The van der Waals surface area contributed by atoms with Crippen molar-refractivity contribution < 1.29 is 23.7 Å². The molecule has 3 aliphatic rings. The second-order valence-electron chi connectivity index (χ2n) is 10.9. The summed E-state index contributed by atoms with van der Waals surface area (Å²) >= 11 is 0. The first kappa shape index (κ1) is 27.0. The van der Waals surface area contributed by atoms with Crippen LogP contribution in [-0.2, 0) is 11.3 Å². The van der Waals surface area contributed by atoms with Gasteiger partial charge in [-0.3, -0.25) is 14.3 Å². The molecule has 1 amide bonds. The molecule has 0 radical (unpaired) electrons. The topological polar surface area (TPSA) is 116 Å². The SMILES string of the molecule is CC(NC(=O)CC1CN(Cc2ccc3c(c2)OCO3)CCN1c1ccnc(-n2ccnc2)n1)c1ccc2c(c1)OCCO2. The monoisotopic (exact) mass is 583 g/mol. The number of carbonyl (C=O) groups is 1. The highest BCUT2D eigenvalue weighted by atomic mass is 16.7. The van der Waals surface area contributed by atoms with E-state index in [1.54, 1.807) is 23.3 Å². The van der Waals surface area contributed by atoms with Gasteiger partial charge in [-0.05, 0) is 48.4 Å². The summed E-state index contributed by atoms with van der Waals surface area (Å²) in [5, 5.41) is 3.19. The molecular weight excluding hydrogens is 550 g/mol. The van der Waals surface area contributed by atoms with Crippen LogP contribution in [0.2, 0.25) is 0 Å². The van der Waals surface area contributed by atoms with Gasteiger partial charge in [0, 0.05) is 51.2 Å². The van der Waals surface area contributed by atoms with E-state index in [2.05, 4.69) is 31.2 Å². The van der Waals surface area contributed by atoms with Crippen LogP contribution in [0, 0.1) is 0 Å². The number of nitrogens with zero attached hydrogens (tertiary/aromatic N) is 6. The Morgan fingerprint density at radius 1 is 0.977 bits per heavy atom. The van der Waals surface area contributed by atoms with E-state index in [1.165, 1.54) is 0 Å². The molecule has 2 unspecified atom stereocenters. The van der Waals surface area contributed by atoms with Gasteiger partial charge in [0.2, 0.25) is 18.6 Å².